The molecular weight excluding hydrogens is 514 g/mol. The molecule has 2 aliphatic rings. The quantitative estimate of drug-likeness (QED) is 0.514. The average Bonchev–Trinajstić information content (AvgIpc) is 2.83. The number of dihydropyridines is 1. The number of hydrogen-bond donors (Lipinski definition) is 3. The van der Waals surface area contributed by atoms with Crippen LogP contribution in [0.4, 0.5) is 23.2 Å². The minimum atomic E-state index is -4.61. The van der Waals surface area contributed by atoms with Gasteiger partial charge in [0.2, 0.25) is 0 Å². The van der Waals surface area contributed by atoms with E-state index in [4.69, 9.17) is 5.73 Å². The second kappa shape index (κ2) is 8.98. The largest absolute Gasteiger partial charge is 0.417 e. The third-order valence-electron chi connectivity index (χ3n) is 6.40. The van der Waals surface area contributed by atoms with Gasteiger partial charge < -0.3 is 16.4 Å². The van der Waals surface area contributed by atoms with Gasteiger partial charge in [0.25, 0.3) is 5.91 Å². The molecule has 2 atom stereocenters. The first-order valence-corrected chi connectivity index (χ1v) is 12.7. The maximum atomic E-state index is 15.0. The topological polar surface area (TPSA) is 127 Å². The molecule has 1 amide bonds. The molecule has 13 heteroatoms. The minimum Gasteiger partial charge on any atom is -0.386 e. The number of benzene rings is 1. The maximum absolute atomic E-state index is 15.0. The van der Waals surface area contributed by atoms with Crippen molar-refractivity contribution in [2.75, 3.05) is 17.6 Å². The van der Waals surface area contributed by atoms with E-state index in [1.165, 1.54) is 26.0 Å². The molecule has 2 aliphatic heterocycles. The predicted molar refractivity (Wildman–Crippen MR) is 130 cm³/mol. The van der Waals surface area contributed by atoms with Gasteiger partial charge in [-0.2, -0.15) is 13.2 Å². The molecule has 2 aromatic rings. The van der Waals surface area contributed by atoms with E-state index in [1.807, 2.05) is 0 Å². The average molecular weight is 538 g/mol. The molecule has 1 aromatic heterocycles. The zero-order valence-electron chi connectivity index (χ0n) is 19.7. The molecule has 0 bridgehead atoms. The number of hydrogen-bond acceptors (Lipinski definition) is 7. The Kier molecular flexibility index (Phi) is 6.39. The summed E-state index contributed by atoms with van der Waals surface area (Å²) in [4.78, 5) is 20.5. The number of rotatable bonds is 4. The van der Waals surface area contributed by atoms with Crippen LogP contribution in [-0.4, -0.2) is 42.2 Å². The fraction of sp³-hybridized carbons (Fsp3) is 0.292. The number of aromatic nitrogens is 1. The van der Waals surface area contributed by atoms with Crippen molar-refractivity contribution < 1.29 is 30.8 Å². The number of anilines is 1. The van der Waals surface area contributed by atoms with Gasteiger partial charge in [0.1, 0.15) is 22.9 Å². The molecule has 8 nitrogen and oxygen atoms in total. The highest BCUT2D eigenvalue weighted by molar-refractivity contribution is 7.94. The van der Waals surface area contributed by atoms with Crippen molar-refractivity contribution in [3.05, 3.63) is 83.1 Å². The number of nitrogens with zero attached hydrogens (tertiary/aromatic N) is 2. The highest BCUT2D eigenvalue weighted by Crippen LogP contribution is 2.41. The number of sulfone groups is 1. The number of carbonyl (C=O) groups excluding carboxylic acids is 1. The monoisotopic (exact) mass is 537 g/mol. The number of allylic oxidation sites excluding steroid dienone is 2. The van der Waals surface area contributed by atoms with Gasteiger partial charge in [-0.05, 0) is 50.3 Å². The molecule has 0 unspecified atom stereocenters. The first-order valence-electron chi connectivity index (χ1n) is 11.0. The molecule has 196 valence electrons. The molecule has 1 aromatic carbocycles. The molecule has 37 heavy (non-hydrogen) atoms. The summed E-state index contributed by atoms with van der Waals surface area (Å²) in [7, 11) is -4.02. The second-order valence-electron chi connectivity index (χ2n) is 9.03. The zero-order valence-corrected chi connectivity index (χ0v) is 20.5. The number of amidine groups is 1. The van der Waals surface area contributed by atoms with Gasteiger partial charge in [-0.3, -0.25) is 14.8 Å². The van der Waals surface area contributed by atoms with E-state index in [0.29, 0.717) is 24.5 Å². The summed E-state index contributed by atoms with van der Waals surface area (Å²) in [6, 6.07) is 5.09. The number of nitrogens with one attached hydrogen (secondary N) is 2. The van der Waals surface area contributed by atoms with E-state index >= 15 is 0 Å². The van der Waals surface area contributed by atoms with Crippen molar-refractivity contribution in [1.82, 2.24) is 10.3 Å². The first kappa shape index (κ1) is 26.3. The van der Waals surface area contributed by atoms with Gasteiger partial charge in [-0.15, -0.1) is 0 Å². The van der Waals surface area contributed by atoms with Crippen LogP contribution in [0, 0.1) is 5.82 Å². The van der Waals surface area contributed by atoms with E-state index in [-0.39, 0.29) is 22.8 Å². The van der Waals surface area contributed by atoms with Crippen LogP contribution >= 0.6 is 0 Å². The number of alkyl halides is 3. The smallest absolute Gasteiger partial charge is 0.386 e. The van der Waals surface area contributed by atoms with Crippen LogP contribution in [0.2, 0.25) is 0 Å². The fourth-order valence-corrected chi connectivity index (χ4v) is 6.30. The highest BCUT2D eigenvalue weighted by atomic mass is 32.2. The molecule has 4 rings (SSSR count). The van der Waals surface area contributed by atoms with Crippen molar-refractivity contribution in [1.29, 1.82) is 0 Å². The van der Waals surface area contributed by atoms with Crippen LogP contribution in [0.25, 0.3) is 0 Å². The summed E-state index contributed by atoms with van der Waals surface area (Å²) in [6.45, 7) is 3.26. The lowest BCUT2D eigenvalue weighted by molar-refractivity contribution is -0.137. The van der Waals surface area contributed by atoms with Gasteiger partial charge >= 0.3 is 6.18 Å². The third-order valence-corrected chi connectivity index (χ3v) is 9.02. The molecule has 4 N–H and O–H groups in total. The molecule has 0 radical (unpaired) electrons. The van der Waals surface area contributed by atoms with Gasteiger partial charge in [-0.25, -0.2) is 12.8 Å². The van der Waals surface area contributed by atoms with Crippen molar-refractivity contribution in [3.63, 3.8) is 0 Å². The SMILES string of the molecule is C[C@]1(C2=CC=CCN2)C(N)=N[C@](C)(c2cc(NC(=O)c3ccc(C(F)(F)F)cn3)ccc2F)CS1(=O)=O. The Balaban J connectivity index is 1.66. The van der Waals surface area contributed by atoms with Crippen molar-refractivity contribution in [2.45, 2.75) is 30.3 Å². The Morgan fingerprint density at radius 3 is 2.49 bits per heavy atom. The van der Waals surface area contributed by atoms with Crippen molar-refractivity contribution in [3.8, 4) is 0 Å². The van der Waals surface area contributed by atoms with Crippen LogP contribution in [0.5, 0.6) is 0 Å². The minimum absolute atomic E-state index is 0.0608. The van der Waals surface area contributed by atoms with Crippen molar-refractivity contribution >= 4 is 27.3 Å². The second-order valence-corrected chi connectivity index (χ2v) is 11.4. The molecule has 0 saturated carbocycles. The van der Waals surface area contributed by atoms with Crippen LogP contribution in [-0.2, 0) is 21.6 Å². The normalized spacial score (nSPS) is 25.0. The van der Waals surface area contributed by atoms with Crippen LogP contribution in [0.1, 0.15) is 35.5 Å². The molecule has 0 saturated heterocycles. The molecule has 3 heterocycles. The van der Waals surface area contributed by atoms with E-state index in [1.54, 1.807) is 18.2 Å². The Hall–Kier alpha value is -3.74. The lowest BCUT2D eigenvalue weighted by Crippen LogP contribution is -2.59. The van der Waals surface area contributed by atoms with Crippen LogP contribution in [0.3, 0.4) is 0 Å². The number of amides is 1. The summed E-state index contributed by atoms with van der Waals surface area (Å²) < 4.78 is 78.6. The Morgan fingerprint density at radius 2 is 1.92 bits per heavy atom. The number of aliphatic imine (C=N–C) groups is 1. The molecule has 0 fully saturated rings. The Morgan fingerprint density at radius 1 is 1.19 bits per heavy atom. The lowest BCUT2D eigenvalue weighted by atomic mass is 9.92. The number of halogens is 4. The van der Waals surface area contributed by atoms with Gasteiger partial charge in [0.15, 0.2) is 14.6 Å². The number of nitrogens with two attached hydrogens (primary N) is 1. The van der Waals surface area contributed by atoms with E-state index in [2.05, 4.69) is 20.6 Å². The summed E-state index contributed by atoms with van der Waals surface area (Å²) in [5, 5.41) is 5.43. The van der Waals surface area contributed by atoms with Crippen molar-refractivity contribution in [2.24, 2.45) is 10.7 Å². The maximum Gasteiger partial charge on any atom is 0.417 e. The summed E-state index contributed by atoms with van der Waals surface area (Å²) in [5.41, 5.74) is 3.55. The summed E-state index contributed by atoms with van der Waals surface area (Å²) in [6.07, 6.45) is 1.01. The molecular formula is C24H23F4N5O3S. The standard InChI is InChI=1S/C24H23F4N5O3S/c1-22(13-37(35,36)23(2,21(29)33-22)19-5-3-4-10-30-19)16-11-15(7-8-17(16)25)32-20(34)18-9-6-14(12-31-18)24(26,27)28/h3-9,11-12,30H,10,13H2,1-2H3,(H2,29,33)(H,32,34)/t22-,23-/m0/s1. The Labute approximate surface area is 210 Å². The lowest BCUT2D eigenvalue weighted by Gasteiger charge is -2.41. The van der Waals surface area contributed by atoms with E-state index in [9.17, 15) is 30.8 Å². The van der Waals surface area contributed by atoms with Crippen LogP contribution < -0.4 is 16.4 Å². The fourth-order valence-electron chi connectivity index (χ4n) is 4.22. The van der Waals surface area contributed by atoms with E-state index in [0.717, 1.165) is 12.1 Å². The Bertz CT molecular complexity index is 1450. The highest BCUT2D eigenvalue weighted by Gasteiger charge is 2.54. The van der Waals surface area contributed by atoms with E-state index < -0.39 is 49.3 Å². The first-order chi connectivity index (χ1) is 17.2. The predicted octanol–water partition coefficient (Wildman–Crippen LogP) is 3.29. The summed E-state index contributed by atoms with van der Waals surface area (Å²) >= 11 is 0. The van der Waals surface area contributed by atoms with Gasteiger partial charge in [0, 0.05) is 29.7 Å². The third kappa shape index (κ3) is 4.70. The number of pyridine rings is 1. The van der Waals surface area contributed by atoms with Gasteiger partial charge in [0.05, 0.1) is 11.3 Å². The van der Waals surface area contributed by atoms with Gasteiger partial charge in [-0.1, -0.05) is 12.2 Å². The molecule has 0 aliphatic carbocycles. The molecule has 0 spiro atoms. The summed E-state index contributed by atoms with van der Waals surface area (Å²) in [5.74, 6) is -2.42. The zero-order chi connectivity index (χ0) is 27.2. The number of carbonyl (C=O) groups is 1. The van der Waals surface area contributed by atoms with Crippen LogP contribution in [0.15, 0.2) is 65.4 Å².